The minimum atomic E-state index is -0.967. The Kier molecular flexibility index (Phi) is 15.7. The van der Waals surface area contributed by atoms with Crippen LogP contribution in [0.3, 0.4) is 0 Å². The van der Waals surface area contributed by atoms with E-state index in [1.165, 1.54) is 34.0 Å². The molecule has 20 nitrogen and oxygen atoms in total. The fourth-order valence-corrected chi connectivity index (χ4v) is 8.95. The maximum Gasteiger partial charge on any atom is 0.320 e. The fourth-order valence-electron chi connectivity index (χ4n) is 8.95. The van der Waals surface area contributed by atoms with Crippen molar-refractivity contribution in [2.24, 2.45) is 28.0 Å². The molecular weight excluding hydrogens is 922 g/mol. The highest BCUT2D eigenvalue weighted by molar-refractivity contribution is 5.92. The molecule has 0 aromatic carbocycles. The van der Waals surface area contributed by atoms with Gasteiger partial charge in [0.15, 0.2) is 0 Å². The molecule has 0 saturated carbocycles. The van der Waals surface area contributed by atoms with E-state index in [4.69, 9.17) is 28.5 Å². The van der Waals surface area contributed by atoms with Crippen LogP contribution in [0.4, 0.5) is 45.0 Å². The summed E-state index contributed by atoms with van der Waals surface area (Å²) in [6, 6.07) is 2.83. The minimum absolute atomic E-state index is 0.185. The van der Waals surface area contributed by atoms with Gasteiger partial charge in [-0.1, -0.05) is 12.0 Å². The predicted molar refractivity (Wildman–Crippen MR) is 259 cm³/mol. The second kappa shape index (κ2) is 22.0. The van der Waals surface area contributed by atoms with E-state index in [1.54, 1.807) is 38.6 Å². The van der Waals surface area contributed by atoms with E-state index in [1.807, 2.05) is 18.2 Å². The van der Waals surface area contributed by atoms with Crippen LogP contribution in [0.1, 0.15) is 91.6 Å². The maximum absolute atomic E-state index is 14.3. The molecule has 6 amide bonds. The lowest BCUT2D eigenvalue weighted by atomic mass is 9.96. The van der Waals surface area contributed by atoms with Crippen LogP contribution >= 0.6 is 0 Å². The SMILES string of the molecule is C[C@@H](N)c1c(F)cncc1-c1cnc2c(c1)CCCN2C(N)=O.C[C@@H](N=[N+]=[N-])c1c(F)cncc1-c1cnc2c(c1)CCCN2C(N)=O.C[C@H](O)c1c(F)cncc1-c1cnc2c(c1)CCCN2C(N)=O. The average molecular weight is 973 g/mol. The number of primary amides is 3. The maximum atomic E-state index is 14.3. The molecule has 0 fully saturated rings. The number of carbonyl (C=O) groups is 3. The van der Waals surface area contributed by atoms with Crippen molar-refractivity contribution in [2.75, 3.05) is 34.3 Å². The summed E-state index contributed by atoms with van der Waals surface area (Å²) in [5, 5.41) is 13.4. The van der Waals surface area contributed by atoms with Crippen molar-refractivity contribution in [3.8, 4) is 33.4 Å². The number of halogens is 3. The first-order chi connectivity index (χ1) is 34.0. The number of pyridine rings is 6. The van der Waals surface area contributed by atoms with Crippen LogP contribution in [-0.2, 0) is 19.3 Å². The number of nitrogens with zero attached hydrogens (tertiary/aromatic N) is 12. The van der Waals surface area contributed by atoms with Crippen molar-refractivity contribution in [1.82, 2.24) is 29.9 Å². The largest absolute Gasteiger partial charge is 0.389 e. The molecule has 9 N–H and O–H groups in total. The van der Waals surface area contributed by atoms with Crippen LogP contribution in [-0.4, -0.2) is 72.7 Å². The summed E-state index contributed by atoms with van der Waals surface area (Å²) in [4.78, 5) is 66.3. The molecule has 9 heterocycles. The Morgan fingerprint density at radius 3 is 1.27 bits per heavy atom. The topological polar surface area (TPSA) is 311 Å². The number of fused-ring (bicyclic) bond motifs is 3. The summed E-state index contributed by atoms with van der Waals surface area (Å²) in [6.07, 6.45) is 16.3. The van der Waals surface area contributed by atoms with Crippen molar-refractivity contribution in [2.45, 2.75) is 77.5 Å². The number of azide groups is 1. The van der Waals surface area contributed by atoms with Crippen LogP contribution in [0.25, 0.3) is 43.8 Å². The van der Waals surface area contributed by atoms with Gasteiger partial charge in [0.1, 0.15) is 34.9 Å². The molecule has 3 aliphatic rings. The van der Waals surface area contributed by atoms with Crippen LogP contribution in [0.5, 0.6) is 0 Å². The smallest absolute Gasteiger partial charge is 0.320 e. The highest BCUT2D eigenvalue weighted by atomic mass is 19.1. The Bertz CT molecular complexity index is 2910. The summed E-state index contributed by atoms with van der Waals surface area (Å²) < 4.78 is 42.3. The molecule has 0 bridgehead atoms. The zero-order valence-electron chi connectivity index (χ0n) is 39.0. The number of hydrogen-bond acceptors (Lipinski definition) is 12. The molecule has 0 unspecified atom stereocenters. The number of aryl methyl sites for hydroxylation is 3. The molecule has 23 heteroatoms. The molecule has 6 aromatic heterocycles. The number of aromatic nitrogens is 6. The van der Waals surface area contributed by atoms with Crippen LogP contribution in [0.2, 0.25) is 0 Å². The van der Waals surface area contributed by atoms with E-state index < -0.39 is 53.7 Å². The molecule has 71 heavy (non-hydrogen) atoms. The Hall–Kier alpha value is -8.27. The zero-order valence-corrected chi connectivity index (χ0v) is 39.0. The Labute approximate surface area is 405 Å². The van der Waals surface area contributed by atoms with Gasteiger partial charge in [0, 0.05) is 118 Å². The number of aliphatic hydroxyl groups is 1. The van der Waals surface area contributed by atoms with Gasteiger partial charge in [-0.15, -0.1) is 0 Å². The monoisotopic (exact) mass is 972 g/mol. The van der Waals surface area contributed by atoms with Gasteiger partial charge in [-0.25, -0.2) is 42.5 Å². The second-order valence-electron chi connectivity index (χ2n) is 17.0. The highest BCUT2D eigenvalue weighted by Gasteiger charge is 2.27. The van der Waals surface area contributed by atoms with Crippen molar-refractivity contribution in [3.05, 3.63) is 135 Å². The van der Waals surface area contributed by atoms with Gasteiger partial charge in [0.05, 0.1) is 30.7 Å². The van der Waals surface area contributed by atoms with Crippen molar-refractivity contribution in [1.29, 1.82) is 0 Å². The molecule has 0 saturated heterocycles. The first-order valence-corrected chi connectivity index (χ1v) is 22.6. The third kappa shape index (κ3) is 11.0. The quantitative estimate of drug-likeness (QED) is 0.0584. The molecule has 368 valence electrons. The summed E-state index contributed by atoms with van der Waals surface area (Å²) >= 11 is 0. The summed E-state index contributed by atoms with van der Waals surface area (Å²) in [6.45, 7) is 6.46. The van der Waals surface area contributed by atoms with E-state index in [0.717, 1.165) is 79.4 Å². The fraction of sp³-hybridized carbons (Fsp3) is 0.312. The van der Waals surface area contributed by atoms with E-state index in [-0.39, 0.29) is 11.1 Å². The van der Waals surface area contributed by atoms with Gasteiger partial charge in [0.2, 0.25) is 0 Å². The molecule has 3 atom stereocenters. The molecule has 0 aliphatic carbocycles. The van der Waals surface area contributed by atoms with E-state index >= 15 is 0 Å². The zero-order chi connectivity index (χ0) is 51.1. The van der Waals surface area contributed by atoms with E-state index in [9.17, 15) is 32.7 Å². The third-order valence-corrected chi connectivity index (χ3v) is 12.1. The first-order valence-electron chi connectivity index (χ1n) is 22.6. The molecule has 0 spiro atoms. The Morgan fingerprint density at radius 1 is 0.592 bits per heavy atom. The number of aliphatic hydroxyl groups excluding tert-OH is 1. The number of hydrogen-bond donors (Lipinski definition) is 5. The summed E-state index contributed by atoms with van der Waals surface area (Å²) in [5.74, 6) is 0.0861. The normalized spacial score (nSPS) is 14.9. The van der Waals surface area contributed by atoms with Gasteiger partial charge in [0.25, 0.3) is 0 Å². The third-order valence-electron chi connectivity index (χ3n) is 12.1. The Balaban J connectivity index is 0.000000157. The molecule has 9 rings (SSSR count). The van der Waals surface area contributed by atoms with Gasteiger partial charge in [-0.05, 0) is 92.8 Å². The number of carbonyl (C=O) groups excluding carboxylic acids is 3. The van der Waals surface area contributed by atoms with Crippen LogP contribution in [0, 0.1) is 17.5 Å². The number of anilines is 3. The highest BCUT2D eigenvalue weighted by Crippen LogP contribution is 2.37. The lowest BCUT2D eigenvalue weighted by molar-refractivity contribution is 0.194. The summed E-state index contributed by atoms with van der Waals surface area (Å²) in [5.41, 5.74) is 37.8. The van der Waals surface area contributed by atoms with E-state index in [0.29, 0.717) is 70.5 Å². The van der Waals surface area contributed by atoms with Crippen molar-refractivity contribution < 1.29 is 32.7 Å². The minimum Gasteiger partial charge on any atom is -0.389 e. The van der Waals surface area contributed by atoms with Gasteiger partial charge in [-0.3, -0.25) is 29.7 Å². The first kappa shape index (κ1) is 50.6. The number of urea groups is 3. The molecule has 0 radical (unpaired) electrons. The average Bonchev–Trinajstić information content (AvgIpc) is 3.35. The lowest BCUT2D eigenvalue weighted by Gasteiger charge is -2.27. The lowest BCUT2D eigenvalue weighted by Crippen LogP contribution is -2.40. The van der Waals surface area contributed by atoms with Crippen LogP contribution in [0.15, 0.2) is 79.1 Å². The molecule has 6 aromatic rings. The van der Waals surface area contributed by atoms with E-state index in [2.05, 4.69) is 39.9 Å². The second-order valence-corrected chi connectivity index (χ2v) is 17.0. The molecule has 3 aliphatic heterocycles. The van der Waals surface area contributed by atoms with Crippen LogP contribution < -0.4 is 37.6 Å². The van der Waals surface area contributed by atoms with Gasteiger partial charge in [-0.2, -0.15) is 0 Å². The summed E-state index contributed by atoms with van der Waals surface area (Å²) in [7, 11) is 0. The molecular formula is C48H51F3N16O4. The predicted octanol–water partition coefficient (Wildman–Crippen LogP) is 7.79. The standard InChI is InChI=1S/C16H16FN7O.C16H18FN5O.C16H17FN4O2/c1-9(22-23-19)14-12(7-20-8-13(14)17)11-5-10-3-2-4-24(16(18)25)15(10)21-6-11;1-9(18)14-12(7-20-8-13(14)17)11-5-10-3-2-4-22(16(19)23)15(10)21-6-11;1-9(22)14-12(7-19-8-13(14)17)11-5-10-3-2-4-21(16(18)23)15(10)20-6-11/h5-9H,2-4H2,1H3,(H2,18,25);5-9H,2-4,18H2,1H3,(H2,19,23);5-9,22H,2-4H2,1H3,(H2,18,23)/t3*9-/m110/s1. The Morgan fingerprint density at radius 2 is 0.930 bits per heavy atom. The number of amides is 6. The number of rotatable bonds is 7. The van der Waals surface area contributed by atoms with Gasteiger partial charge >= 0.3 is 18.1 Å². The van der Waals surface area contributed by atoms with Crippen molar-refractivity contribution >= 4 is 35.5 Å². The number of nitrogens with two attached hydrogens (primary N) is 4. The van der Waals surface area contributed by atoms with Crippen molar-refractivity contribution in [3.63, 3.8) is 0 Å². The van der Waals surface area contributed by atoms with Gasteiger partial charge < -0.3 is 28.0 Å².